The first-order chi connectivity index (χ1) is 17.0. The molecule has 0 saturated carbocycles. The number of hydrogen-bond donors (Lipinski definition) is 0. The molecule has 1 amide bonds. The van der Waals surface area contributed by atoms with Crippen LogP contribution in [0.5, 0.6) is 11.6 Å². The fourth-order valence-corrected chi connectivity index (χ4v) is 4.37. The predicted octanol–water partition coefficient (Wildman–Crippen LogP) is 5.05. The second kappa shape index (κ2) is 9.66. The Morgan fingerprint density at radius 3 is 2.66 bits per heavy atom. The summed E-state index contributed by atoms with van der Waals surface area (Å²) in [6.07, 6.45) is 8.07. The van der Waals surface area contributed by atoms with Gasteiger partial charge in [0.1, 0.15) is 5.75 Å². The van der Waals surface area contributed by atoms with E-state index in [1.54, 1.807) is 23.1 Å². The Hall–Kier alpha value is -4.07. The number of nitrogens with zero attached hydrogens (tertiary/aromatic N) is 6. The largest absolute Gasteiger partial charge is 0.439 e. The molecule has 1 atom stereocenters. The number of likely N-dealkylation sites (tertiary alicyclic amines) is 1. The van der Waals surface area contributed by atoms with Gasteiger partial charge in [-0.2, -0.15) is 10.1 Å². The van der Waals surface area contributed by atoms with Crippen molar-refractivity contribution in [2.24, 2.45) is 7.05 Å². The molecular formula is C27H28N6O2. The molecule has 1 aliphatic heterocycles. The normalized spacial score (nSPS) is 15.7. The third-order valence-electron chi connectivity index (χ3n) is 6.16. The maximum Gasteiger partial charge on any atom is 0.254 e. The lowest BCUT2D eigenvalue weighted by Gasteiger charge is -2.35. The summed E-state index contributed by atoms with van der Waals surface area (Å²) in [5.41, 5.74) is 4.15. The molecule has 4 heterocycles. The van der Waals surface area contributed by atoms with E-state index in [0.29, 0.717) is 23.8 Å². The number of carbonyl (C=O) groups excluding carboxylic acids is 1. The van der Waals surface area contributed by atoms with Crippen LogP contribution in [0.4, 0.5) is 0 Å². The van der Waals surface area contributed by atoms with Crippen LogP contribution in [0.1, 0.15) is 52.7 Å². The first-order valence-electron chi connectivity index (χ1n) is 11.8. The first kappa shape index (κ1) is 22.7. The number of aromatic nitrogens is 5. The summed E-state index contributed by atoms with van der Waals surface area (Å²) in [6, 6.07) is 13.0. The van der Waals surface area contributed by atoms with Crippen LogP contribution in [0.2, 0.25) is 0 Å². The van der Waals surface area contributed by atoms with Crippen molar-refractivity contribution in [3.05, 3.63) is 83.7 Å². The average molecular weight is 469 g/mol. The number of ether oxygens (including phenoxy) is 1. The van der Waals surface area contributed by atoms with Crippen LogP contribution in [0.25, 0.3) is 11.3 Å². The number of hydrogen-bond acceptors (Lipinski definition) is 6. The third kappa shape index (κ3) is 5.06. The van der Waals surface area contributed by atoms with E-state index in [-0.39, 0.29) is 11.9 Å². The van der Waals surface area contributed by atoms with E-state index < -0.39 is 0 Å². The molecule has 4 aromatic rings. The van der Waals surface area contributed by atoms with E-state index in [1.807, 2.05) is 68.4 Å². The van der Waals surface area contributed by atoms with Crippen LogP contribution in [-0.2, 0) is 7.05 Å². The van der Waals surface area contributed by atoms with Crippen molar-refractivity contribution in [2.75, 3.05) is 6.54 Å². The highest BCUT2D eigenvalue weighted by molar-refractivity contribution is 5.95. The Balaban J connectivity index is 1.42. The number of rotatable bonds is 5. The van der Waals surface area contributed by atoms with Crippen LogP contribution in [0.3, 0.4) is 0 Å². The average Bonchev–Trinajstić information content (AvgIpc) is 3.31. The summed E-state index contributed by atoms with van der Waals surface area (Å²) in [7, 11) is 1.86. The molecule has 178 valence electrons. The number of amides is 1. The standard InChI is InChI=1S/C27H28N6O2/c1-18-7-9-22(10-8-18)35-25-14-19(2)30-26(31-25)24-6-4-5-13-33(24)27(34)20-11-12-28-23(15-20)21-16-29-32(3)17-21/h7-12,14-17,24H,4-6,13H2,1-3H3/t24-/m1/s1. The minimum atomic E-state index is -0.216. The summed E-state index contributed by atoms with van der Waals surface area (Å²) < 4.78 is 7.74. The van der Waals surface area contributed by atoms with Gasteiger partial charge in [-0.15, -0.1) is 0 Å². The second-order valence-electron chi connectivity index (χ2n) is 8.96. The first-order valence-corrected chi connectivity index (χ1v) is 11.8. The molecule has 1 aromatic carbocycles. The highest BCUT2D eigenvalue weighted by Gasteiger charge is 2.31. The molecule has 0 bridgehead atoms. The minimum absolute atomic E-state index is 0.0478. The van der Waals surface area contributed by atoms with Crippen LogP contribution in [0.15, 0.2) is 61.1 Å². The molecule has 0 radical (unpaired) electrons. The van der Waals surface area contributed by atoms with Gasteiger partial charge in [-0.25, -0.2) is 4.98 Å². The van der Waals surface area contributed by atoms with Gasteiger partial charge in [-0.3, -0.25) is 14.5 Å². The van der Waals surface area contributed by atoms with E-state index >= 15 is 0 Å². The molecule has 3 aromatic heterocycles. The molecule has 0 N–H and O–H groups in total. The summed E-state index contributed by atoms with van der Waals surface area (Å²) >= 11 is 0. The second-order valence-corrected chi connectivity index (χ2v) is 8.96. The third-order valence-corrected chi connectivity index (χ3v) is 6.16. The summed E-state index contributed by atoms with van der Waals surface area (Å²) in [5, 5.41) is 4.21. The smallest absolute Gasteiger partial charge is 0.254 e. The predicted molar refractivity (Wildman–Crippen MR) is 132 cm³/mol. The minimum Gasteiger partial charge on any atom is -0.439 e. The molecule has 0 aliphatic carbocycles. The van der Waals surface area contributed by atoms with Gasteiger partial charge < -0.3 is 9.64 Å². The van der Waals surface area contributed by atoms with E-state index in [2.05, 4.69) is 10.1 Å². The van der Waals surface area contributed by atoms with Gasteiger partial charge in [0.25, 0.3) is 5.91 Å². The van der Waals surface area contributed by atoms with Crippen molar-refractivity contribution < 1.29 is 9.53 Å². The van der Waals surface area contributed by atoms with Crippen LogP contribution >= 0.6 is 0 Å². The van der Waals surface area contributed by atoms with Gasteiger partial charge in [0, 0.05) is 48.9 Å². The molecule has 0 spiro atoms. The highest BCUT2D eigenvalue weighted by atomic mass is 16.5. The molecule has 1 saturated heterocycles. The Labute approximate surface area is 204 Å². The Kier molecular flexibility index (Phi) is 6.27. The summed E-state index contributed by atoms with van der Waals surface area (Å²) in [6.45, 7) is 4.61. The van der Waals surface area contributed by atoms with Gasteiger partial charge in [-0.05, 0) is 57.4 Å². The molecule has 35 heavy (non-hydrogen) atoms. The lowest BCUT2D eigenvalue weighted by atomic mass is 9.99. The Bertz CT molecular complexity index is 1350. The van der Waals surface area contributed by atoms with Crippen molar-refractivity contribution in [3.63, 3.8) is 0 Å². The number of piperidine rings is 1. The van der Waals surface area contributed by atoms with Gasteiger partial charge in [0.2, 0.25) is 5.88 Å². The topological polar surface area (TPSA) is 86.0 Å². The van der Waals surface area contributed by atoms with E-state index in [4.69, 9.17) is 14.7 Å². The number of carbonyl (C=O) groups is 1. The van der Waals surface area contributed by atoms with E-state index in [9.17, 15) is 4.79 Å². The summed E-state index contributed by atoms with van der Waals surface area (Å²) in [5.74, 6) is 1.77. The van der Waals surface area contributed by atoms with Crippen LogP contribution < -0.4 is 4.74 Å². The molecule has 1 fully saturated rings. The zero-order valence-electron chi connectivity index (χ0n) is 20.2. The van der Waals surface area contributed by atoms with Crippen molar-refractivity contribution in [1.29, 1.82) is 0 Å². The van der Waals surface area contributed by atoms with Gasteiger partial charge in [0.15, 0.2) is 5.82 Å². The van der Waals surface area contributed by atoms with Gasteiger partial charge >= 0.3 is 0 Å². The number of benzene rings is 1. The maximum atomic E-state index is 13.7. The van der Waals surface area contributed by atoms with Crippen LogP contribution in [-0.4, -0.2) is 42.1 Å². The monoisotopic (exact) mass is 468 g/mol. The lowest BCUT2D eigenvalue weighted by molar-refractivity contribution is 0.0598. The fraction of sp³-hybridized carbons (Fsp3) is 0.296. The molecule has 0 unspecified atom stereocenters. The van der Waals surface area contributed by atoms with Gasteiger partial charge in [-0.1, -0.05) is 17.7 Å². The molecule has 1 aliphatic rings. The lowest BCUT2D eigenvalue weighted by Crippen LogP contribution is -2.39. The Morgan fingerprint density at radius 2 is 1.89 bits per heavy atom. The molecular weight excluding hydrogens is 440 g/mol. The number of pyridine rings is 1. The zero-order chi connectivity index (χ0) is 24.4. The zero-order valence-corrected chi connectivity index (χ0v) is 20.2. The van der Waals surface area contributed by atoms with Crippen molar-refractivity contribution in [2.45, 2.75) is 39.2 Å². The van der Waals surface area contributed by atoms with Crippen LogP contribution in [0, 0.1) is 13.8 Å². The SMILES string of the molecule is Cc1ccc(Oc2cc(C)nc([C@H]3CCCCN3C(=O)c3ccnc(-c4cnn(C)c4)c3)n2)cc1. The summed E-state index contributed by atoms with van der Waals surface area (Å²) in [4.78, 5) is 29.4. The van der Waals surface area contributed by atoms with Crippen molar-refractivity contribution in [1.82, 2.24) is 29.6 Å². The molecule has 8 nitrogen and oxygen atoms in total. The molecule has 5 rings (SSSR count). The van der Waals surface area contributed by atoms with Crippen molar-refractivity contribution >= 4 is 5.91 Å². The quantitative estimate of drug-likeness (QED) is 0.407. The van der Waals surface area contributed by atoms with Gasteiger partial charge in [0.05, 0.1) is 17.9 Å². The fourth-order valence-electron chi connectivity index (χ4n) is 4.37. The Morgan fingerprint density at radius 1 is 1.06 bits per heavy atom. The number of aryl methyl sites for hydroxylation is 3. The van der Waals surface area contributed by atoms with E-state index in [1.165, 1.54) is 0 Å². The van der Waals surface area contributed by atoms with Crippen molar-refractivity contribution in [3.8, 4) is 22.9 Å². The van der Waals surface area contributed by atoms with E-state index in [0.717, 1.165) is 47.5 Å². The molecule has 8 heteroatoms. The maximum absolute atomic E-state index is 13.7. The highest BCUT2D eigenvalue weighted by Crippen LogP contribution is 2.32.